The van der Waals surface area contributed by atoms with Gasteiger partial charge in [-0.05, 0) is 62.7 Å². The molecule has 1 saturated heterocycles. The molecule has 1 aliphatic heterocycles. The maximum absolute atomic E-state index is 12.8. The third-order valence-electron chi connectivity index (χ3n) is 6.44. The van der Waals surface area contributed by atoms with Crippen LogP contribution in [0.1, 0.15) is 72.6 Å². The lowest BCUT2D eigenvalue weighted by atomic mass is 9.80. The van der Waals surface area contributed by atoms with Crippen LogP contribution in [0, 0.1) is 23.7 Å². The molecule has 3 amide bonds. The van der Waals surface area contributed by atoms with Gasteiger partial charge in [-0.3, -0.25) is 9.59 Å². The molecular weight excluding hydrogens is 398 g/mol. The van der Waals surface area contributed by atoms with Crippen molar-refractivity contribution >= 4 is 24.2 Å². The van der Waals surface area contributed by atoms with Gasteiger partial charge in [0.1, 0.15) is 18.4 Å². The van der Waals surface area contributed by atoms with Gasteiger partial charge in [0, 0.05) is 12.5 Å². The van der Waals surface area contributed by atoms with Gasteiger partial charge in [-0.15, -0.1) is 0 Å². The van der Waals surface area contributed by atoms with Crippen molar-refractivity contribution in [2.24, 2.45) is 23.7 Å². The molecule has 8 nitrogen and oxygen atoms in total. The predicted octanol–water partition coefficient (Wildman–Crippen LogP) is 2.55. The third kappa shape index (κ3) is 8.15. The highest BCUT2D eigenvalue weighted by atomic mass is 16.6. The van der Waals surface area contributed by atoms with E-state index in [1.807, 2.05) is 13.8 Å². The summed E-state index contributed by atoms with van der Waals surface area (Å²) in [6.45, 7) is 8.95. The highest BCUT2D eigenvalue weighted by Gasteiger charge is 2.31. The van der Waals surface area contributed by atoms with Gasteiger partial charge in [-0.25, -0.2) is 4.79 Å². The molecule has 0 aromatic heterocycles. The molecule has 0 spiro atoms. The van der Waals surface area contributed by atoms with E-state index < -0.39 is 24.1 Å². The second kappa shape index (κ2) is 12.1. The van der Waals surface area contributed by atoms with Crippen molar-refractivity contribution < 1.29 is 23.9 Å². The topological polar surface area (TPSA) is 114 Å². The quantitative estimate of drug-likeness (QED) is 0.455. The molecule has 2 aliphatic rings. The van der Waals surface area contributed by atoms with Crippen molar-refractivity contribution in [1.82, 2.24) is 16.0 Å². The van der Waals surface area contributed by atoms with Gasteiger partial charge in [0.2, 0.25) is 11.8 Å². The summed E-state index contributed by atoms with van der Waals surface area (Å²) < 4.78 is 5.58. The van der Waals surface area contributed by atoms with E-state index in [0.29, 0.717) is 37.5 Å². The number of nitrogens with one attached hydrogen (secondary N) is 3. The van der Waals surface area contributed by atoms with E-state index in [2.05, 4.69) is 29.8 Å². The number of carbonyl (C=O) groups is 4. The van der Waals surface area contributed by atoms with Crippen LogP contribution in [0.3, 0.4) is 0 Å². The number of rotatable bonds is 10. The number of carbonyl (C=O) groups excluding carboxylic acids is 4. The zero-order valence-corrected chi connectivity index (χ0v) is 19.3. The van der Waals surface area contributed by atoms with Crippen molar-refractivity contribution in [3.05, 3.63) is 0 Å². The molecular formula is C23H39N3O5. The summed E-state index contributed by atoms with van der Waals surface area (Å²) in [6.07, 6.45) is 5.05. The predicted molar refractivity (Wildman–Crippen MR) is 117 cm³/mol. The molecule has 31 heavy (non-hydrogen) atoms. The first kappa shape index (κ1) is 25.1. The summed E-state index contributed by atoms with van der Waals surface area (Å²) in [5, 5.41) is 8.12. The van der Waals surface area contributed by atoms with E-state index in [4.69, 9.17) is 4.74 Å². The second-order valence-corrected chi connectivity index (χ2v) is 9.78. The number of amides is 3. The number of hydrogen-bond donors (Lipinski definition) is 3. The Labute approximate surface area is 185 Å². The molecule has 1 saturated carbocycles. The number of alkyl carbamates (subject to hydrolysis) is 1. The lowest BCUT2D eigenvalue weighted by Crippen LogP contribution is -2.51. The highest BCUT2D eigenvalue weighted by Crippen LogP contribution is 2.31. The Kier molecular flexibility index (Phi) is 9.78. The fourth-order valence-corrected chi connectivity index (χ4v) is 4.51. The Bertz CT molecular complexity index is 629. The Morgan fingerprint density at radius 2 is 1.77 bits per heavy atom. The van der Waals surface area contributed by atoms with Gasteiger partial charge < -0.3 is 25.5 Å². The van der Waals surface area contributed by atoms with Crippen LogP contribution >= 0.6 is 0 Å². The van der Waals surface area contributed by atoms with Crippen LogP contribution in [0.2, 0.25) is 0 Å². The van der Waals surface area contributed by atoms with E-state index in [9.17, 15) is 19.2 Å². The zero-order valence-electron chi connectivity index (χ0n) is 19.3. The minimum atomic E-state index is -0.792. The molecule has 0 bridgehead atoms. The average molecular weight is 438 g/mol. The summed E-state index contributed by atoms with van der Waals surface area (Å²) in [7, 11) is 0. The van der Waals surface area contributed by atoms with Crippen molar-refractivity contribution in [3.8, 4) is 0 Å². The SMILES string of the molecule is CC(C)CC(NC(=O)OC1CCC(C(C)C)CC1)C(=O)NC(C=O)CC1CCNC1=O. The minimum Gasteiger partial charge on any atom is -0.446 e. The maximum atomic E-state index is 12.8. The summed E-state index contributed by atoms with van der Waals surface area (Å²) in [4.78, 5) is 48.5. The van der Waals surface area contributed by atoms with Gasteiger partial charge in [0.25, 0.3) is 0 Å². The smallest absolute Gasteiger partial charge is 0.408 e. The van der Waals surface area contributed by atoms with Gasteiger partial charge in [-0.2, -0.15) is 0 Å². The number of hydrogen-bond acceptors (Lipinski definition) is 5. The van der Waals surface area contributed by atoms with Gasteiger partial charge in [0.15, 0.2) is 0 Å². The van der Waals surface area contributed by atoms with E-state index in [-0.39, 0.29) is 30.3 Å². The van der Waals surface area contributed by atoms with Crippen molar-refractivity contribution in [2.45, 2.75) is 90.8 Å². The van der Waals surface area contributed by atoms with Crippen LogP contribution in [0.15, 0.2) is 0 Å². The van der Waals surface area contributed by atoms with Gasteiger partial charge >= 0.3 is 6.09 Å². The van der Waals surface area contributed by atoms with E-state index in [1.54, 1.807) is 0 Å². The summed E-state index contributed by atoms with van der Waals surface area (Å²) in [5.74, 6) is 0.670. The average Bonchev–Trinajstić information content (AvgIpc) is 3.11. The highest BCUT2D eigenvalue weighted by molar-refractivity contribution is 5.88. The van der Waals surface area contributed by atoms with Crippen LogP contribution in [0.4, 0.5) is 4.79 Å². The normalized spacial score (nSPS) is 25.6. The van der Waals surface area contributed by atoms with Crippen LogP contribution in [0.5, 0.6) is 0 Å². The number of ether oxygens (including phenoxy) is 1. The van der Waals surface area contributed by atoms with Crippen LogP contribution in [-0.2, 0) is 19.1 Å². The molecule has 0 aromatic carbocycles. The molecule has 3 N–H and O–H groups in total. The monoisotopic (exact) mass is 437 g/mol. The molecule has 8 heteroatoms. The van der Waals surface area contributed by atoms with Crippen LogP contribution in [-0.4, -0.2) is 48.9 Å². The molecule has 3 atom stereocenters. The third-order valence-corrected chi connectivity index (χ3v) is 6.44. The molecule has 2 fully saturated rings. The first-order valence-electron chi connectivity index (χ1n) is 11.7. The lowest BCUT2D eigenvalue weighted by Gasteiger charge is -2.31. The molecule has 0 radical (unpaired) electrons. The maximum Gasteiger partial charge on any atom is 0.408 e. The first-order valence-corrected chi connectivity index (χ1v) is 11.7. The summed E-state index contributed by atoms with van der Waals surface area (Å²) in [6, 6.07) is -1.56. The van der Waals surface area contributed by atoms with Crippen molar-refractivity contribution in [1.29, 1.82) is 0 Å². The second-order valence-electron chi connectivity index (χ2n) is 9.78. The molecule has 1 heterocycles. The Balaban J connectivity index is 1.87. The molecule has 176 valence electrons. The first-order chi connectivity index (χ1) is 14.7. The summed E-state index contributed by atoms with van der Waals surface area (Å²) >= 11 is 0. The Morgan fingerprint density at radius 1 is 1.10 bits per heavy atom. The fraction of sp³-hybridized carbons (Fsp3) is 0.826. The van der Waals surface area contributed by atoms with Gasteiger partial charge in [-0.1, -0.05) is 27.7 Å². The molecule has 2 rings (SSSR count). The zero-order chi connectivity index (χ0) is 23.0. The van der Waals surface area contributed by atoms with Gasteiger partial charge in [0.05, 0.1) is 6.04 Å². The van der Waals surface area contributed by atoms with E-state index in [1.165, 1.54) is 0 Å². The Morgan fingerprint density at radius 3 is 2.29 bits per heavy atom. The van der Waals surface area contributed by atoms with Crippen LogP contribution < -0.4 is 16.0 Å². The minimum absolute atomic E-state index is 0.0891. The largest absolute Gasteiger partial charge is 0.446 e. The van der Waals surface area contributed by atoms with Crippen molar-refractivity contribution in [3.63, 3.8) is 0 Å². The molecule has 0 aromatic rings. The molecule has 3 unspecified atom stereocenters. The van der Waals surface area contributed by atoms with Crippen molar-refractivity contribution in [2.75, 3.05) is 6.54 Å². The lowest BCUT2D eigenvalue weighted by molar-refractivity contribution is -0.127. The standard InChI is InChI=1S/C23H39N3O5/c1-14(2)11-20(22(29)25-18(13-27)12-17-9-10-24-21(17)28)26-23(30)31-19-7-5-16(6-8-19)15(3)4/h13-20H,5-12H2,1-4H3,(H,24,28)(H,25,29)(H,26,30). The summed E-state index contributed by atoms with van der Waals surface area (Å²) in [5.41, 5.74) is 0. The molecule has 1 aliphatic carbocycles. The van der Waals surface area contributed by atoms with E-state index in [0.717, 1.165) is 25.7 Å². The van der Waals surface area contributed by atoms with E-state index >= 15 is 0 Å². The van der Waals surface area contributed by atoms with Crippen LogP contribution in [0.25, 0.3) is 0 Å². The Hall–Kier alpha value is -2.12. The number of aldehydes is 1. The fourth-order valence-electron chi connectivity index (χ4n) is 4.51.